The number of rotatable bonds is 3. The Hall–Kier alpha value is -6.31. The molecule has 3 heterocycles. The second kappa shape index (κ2) is 9.84. The van der Waals surface area contributed by atoms with Gasteiger partial charge in [-0.3, -0.25) is 0 Å². The molecular weight excluding hydrogens is 574 g/mol. The zero-order chi connectivity index (χ0) is 31.1. The molecule has 6 aromatic carbocycles. The quantitative estimate of drug-likeness (QED) is 0.202. The highest BCUT2D eigenvalue weighted by Crippen LogP contribution is 2.44. The van der Waals surface area contributed by atoms with Gasteiger partial charge < -0.3 is 13.6 Å². The molecule has 0 fully saturated rings. The van der Waals surface area contributed by atoms with Gasteiger partial charge in [0.05, 0.1) is 33.9 Å². The van der Waals surface area contributed by atoms with E-state index < -0.39 is 0 Å². The summed E-state index contributed by atoms with van der Waals surface area (Å²) < 4.78 is 11.8. The van der Waals surface area contributed by atoms with Crippen LogP contribution in [0, 0.1) is 11.3 Å². The second-order valence-corrected chi connectivity index (χ2v) is 12.3. The maximum absolute atomic E-state index is 10.1. The highest BCUT2D eigenvalue weighted by atomic mass is 16.3. The molecule has 0 N–H and O–H groups in total. The zero-order valence-electron chi connectivity index (χ0n) is 25.4. The summed E-state index contributed by atoms with van der Waals surface area (Å²) >= 11 is 0. The van der Waals surface area contributed by atoms with E-state index >= 15 is 0 Å². The van der Waals surface area contributed by atoms with Gasteiger partial charge in [-0.2, -0.15) is 5.26 Å². The third-order valence-corrected chi connectivity index (χ3v) is 9.82. The first kappa shape index (κ1) is 26.0. The number of aromatic nitrogens is 2. The van der Waals surface area contributed by atoms with Crippen LogP contribution in [-0.4, -0.2) is 9.13 Å². The summed E-state index contributed by atoms with van der Waals surface area (Å²) in [5.41, 5.74) is 12.3. The van der Waals surface area contributed by atoms with Crippen molar-refractivity contribution in [2.75, 3.05) is 0 Å². The Labute approximate surface area is 270 Å². The van der Waals surface area contributed by atoms with E-state index in [1.165, 1.54) is 27.5 Å². The van der Waals surface area contributed by atoms with Crippen LogP contribution in [-0.2, 0) is 6.42 Å². The molecular formula is C43H27N3O. The molecule has 9 aromatic rings. The van der Waals surface area contributed by atoms with E-state index in [1.54, 1.807) is 0 Å². The van der Waals surface area contributed by atoms with Crippen LogP contribution in [0.5, 0.6) is 0 Å². The highest BCUT2D eigenvalue weighted by Gasteiger charge is 2.24. The molecule has 47 heavy (non-hydrogen) atoms. The number of hydrogen-bond acceptors (Lipinski definition) is 2. The Bertz CT molecular complexity index is 2800. The molecule has 10 rings (SSSR count). The first-order valence-electron chi connectivity index (χ1n) is 16.1. The van der Waals surface area contributed by atoms with Crippen molar-refractivity contribution >= 4 is 60.7 Å². The molecule has 0 unspecified atom stereocenters. The number of nitrogens with zero attached hydrogens (tertiary/aromatic N) is 3. The molecule has 3 aromatic heterocycles. The van der Waals surface area contributed by atoms with Crippen LogP contribution in [0.1, 0.15) is 23.2 Å². The van der Waals surface area contributed by atoms with Crippen LogP contribution in [0.2, 0.25) is 0 Å². The fourth-order valence-corrected chi connectivity index (χ4v) is 7.82. The van der Waals surface area contributed by atoms with E-state index in [4.69, 9.17) is 4.42 Å². The summed E-state index contributed by atoms with van der Waals surface area (Å²) in [5.74, 6) is 0. The zero-order valence-corrected chi connectivity index (χ0v) is 25.4. The number of benzene rings is 6. The lowest BCUT2D eigenvalue weighted by molar-refractivity contribution is 0.672. The lowest BCUT2D eigenvalue weighted by Crippen LogP contribution is -2.05. The third kappa shape index (κ3) is 3.63. The number of para-hydroxylation sites is 4. The van der Waals surface area contributed by atoms with Crippen molar-refractivity contribution in [2.24, 2.45) is 0 Å². The van der Waals surface area contributed by atoms with Crippen molar-refractivity contribution in [3.05, 3.63) is 150 Å². The molecule has 4 heteroatoms. The fraction of sp³-hybridized carbons (Fsp3) is 0.0465. The van der Waals surface area contributed by atoms with Gasteiger partial charge in [0.1, 0.15) is 5.58 Å². The minimum atomic E-state index is 0.619. The van der Waals surface area contributed by atoms with Gasteiger partial charge in [0.15, 0.2) is 5.58 Å². The third-order valence-electron chi connectivity index (χ3n) is 9.82. The lowest BCUT2D eigenvalue weighted by Gasteiger charge is -2.18. The van der Waals surface area contributed by atoms with Crippen molar-refractivity contribution < 1.29 is 4.42 Å². The van der Waals surface area contributed by atoms with Gasteiger partial charge in [-0.05, 0) is 61.4 Å². The maximum atomic E-state index is 10.1. The van der Waals surface area contributed by atoms with E-state index in [2.05, 4.69) is 143 Å². The van der Waals surface area contributed by atoms with Gasteiger partial charge in [-0.15, -0.1) is 0 Å². The Balaban J connectivity index is 1.31. The van der Waals surface area contributed by atoms with Gasteiger partial charge in [-0.25, -0.2) is 0 Å². The van der Waals surface area contributed by atoms with Crippen molar-refractivity contribution in [1.82, 2.24) is 9.13 Å². The summed E-state index contributed by atoms with van der Waals surface area (Å²) in [6.07, 6.45) is 6.48. The molecule has 4 nitrogen and oxygen atoms in total. The van der Waals surface area contributed by atoms with Crippen LogP contribution in [0.25, 0.3) is 83.2 Å². The summed E-state index contributed by atoms with van der Waals surface area (Å²) in [6, 6.07) is 47.0. The van der Waals surface area contributed by atoms with Crippen LogP contribution in [0.4, 0.5) is 0 Å². The molecule has 0 radical (unpaired) electrons. The van der Waals surface area contributed by atoms with Crippen LogP contribution in [0.3, 0.4) is 0 Å². The number of nitriles is 1. The number of fused-ring (bicyclic) bond motifs is 10. The molecule has 0 spiro atoms. The predicted octanol–water partition coefficient (Wildman–Crippen LogP) is 11.1. The predicted molar refractivity (Wildman–Crippen MR) is 192 cm³/mol. The monoisotopic (exact) mass is 601 g/mol. The van der Waals surface area contributed by atoms with E-state index in [0.717, 1.165) is 73.7 Å². The van der Waals surface area contributed by atoms with Gasteiger partial charge >= 0.3 is 0 Å². The van der Waals surface area contributed by atoms with E-state index in [0.29, 0.717) is 5.56 Å². The minimum absolute atomic E-state index is 0.619. The van der Waals surface area contributed by atoms with Crippen molar-refractivity contribution in [3.8, 4) is 28.6 Å². The summed E-state index contributed by atoms with van der Waals surface area (Å²) in [6.45, 7) is 0. The molecule has 1 aliphatic rings. The standard InChI is InChI=1S/C43H27N3O/c44-26-27-21-24-40(46-38-19-8-4-13-29(38)30-14-5-9-20-39(30)46)36(25-27)34-17-10-16-33-35-23-22-32-31-15-6-7-18-37(31)45(28-11-2-1-3-12-28)41(32)43(35)47-42(33)34/h1-8,10-19,21-25H,9,20H2. The Morgan fingerprint density at radius 3 is 2.17 bits per heavy atom. The Kier molecular flexibility index (Phi) is 5.44. The normalized spacial score (nSPS) is 12.8. The van der Waals surface area contributed by atoms with Crippen LogP contribution in [0.15, 0.2) is 138 Å². The van der Waals surface area contributed by atoms with E-state index in [1.807, 2.05) is 12.1 Å². The first-order valence-corrected chi connectivity index (χ1v) is 16.1. The second-order valence-electron chi connectivity index (χ2n) is 12.3. The average Bonchev–Trinajstić information content (AvgIpc) is 3.80. The SMILES string of the molecule is N#Cc1ccc(-n2c3c(c4ccccc42)C=CCC3)c(-c2cccc3c2oc2c3ccc3c4ccccc4n(-c4ccccc4)c32)c1. The largest absolute Gasteiger partial charge is 0.453 e. The van der Waals surface area contributed by atoms with Crippen LogP contribution < -0.4 is 0 Å². The van der Waals surface area contributed by atoms with Crippen LogP contribution >= 0.6 is 0 Å². The number of furan rings is 1. The molecule has 0 atom stereocenters. The van der Waals surface area contributed by atoms with Crippen molar-refractivity contribution in [3.63, 3.8) is 0 Å². The Morgan fingerprint density at radius 2 is 1.32 bits per heavy atom. The molecule has 1 aliphatic carbocycles. The number of allylic oxidation sites excluding steroid dienone is 1. The van der Waals surface area contributed by atoms with Gasteiger partial charge in [0, 0.05) is 55.0 Å². The fourth-order valence-electron chi connectivity index (χ4n) is 7.82. The maximum Gasteiger partial charge on any atom is 0.160 e. The lowest BCUT2D eigenvalue weighted by atomic mass is 9.98. The Morgan fingerprint density at radius 1 is 0.596 bits per heavy atom. The van der Waals surface area contributed by atoms with E-state index in [9.17, 15) is 5.26 Å². The van der Waals surface area contributed by atoms with Crippen molar-refractivity contribution in [2.45, 2.75) is 12.8 Å². The summed E-state index contributed by atoms with van der Waals surface area (Å²) in [4.78, 5) is 0. The molecule has 220 valence electrons. The first-order chi connectivity index (χ1) is 23.3. The van der Waals surface area contributed by atoms with Gasteiger partial charge in [0.25, 0.3) is 0 Å². The summed E-state index contributed by atoms with van der Waals surface area (Å²) in [7, 11) is 0. The van der Waals surface area contributed by atoms with E-state index in [-0.39, 0.29) is 0 Å². The van der Waals surface area contributed by atoms with Gasteiger partial charge in [0.2, 0.25) is 0 Å². The minimum Gasteiger partial charge on any atom is -0.453 e. The highest BCUT2D eigenvalue weighted by molar-refractivity contribution is 6.22. The molecule has 0 bridgehead atoms. The molecule has 0 aliphatic heterocycles. The topological polar surface area (TPSA) is 46.8 Å². The van der Waals surface area contributed by atoms with Gasteiger partial charge in [-0.1, -0.05) is 91.0 Å². The number of hydrogen-bond donors (Lipinski definition) is 0. The average molecular weight is 602 g/mol. The smallest absolute Gasteiger partial charge is 0.160 e. The summed E-state index contributed by atoms with van der Waals surface area (Å²) in [5, 5.41) is 15.8. The van der Waals surface area contributed by atoms with Crippen molar-refractivity contribution in [1.29, 1.82) is 5.26 Å². The molecule has 0 saturated heterocycles. The molecule has 0 amide bonds. The molecule has 0 saturated carbocycles.